The van der Waals surface area contributed by atoms with Crippen molar-refractivity contribution in [1.82, 2.24) is 4.31 Å². The Balaban J connectivity index is 2.20. The van der Waals surface area contributed by atoms with E-state index < -0.39 is 21.6 Å². The van der Waals surface area contributed by atoms with Gasteiger partial charge in [-0.3, -0.25) is 0 Å². The summed E-state index contributed by atoms with van der Waals surface area (Å²) >= 11 is 0. The van der Waals surface area contributed by atoms with Gasteiger partial charge >= 0.3 is 5.97 Å². The summed E-state index contributed by atoms with van der Waals surface area (Å²) in [5.41, 5.74) is -0.616. The van der Waals surface area contributed by atoms with Crippen molar-refractivity contribution >= 4 is 21.7 Å². The Bertz CT molecular complexity index is 715. The lowest BCUT2D eigenvalue weighted by molar-refractivity contribution is -0.499. The Morgan fingerprint density at radius 2 is 1.96 bits per heavy atom. The first-order valence-corrected chi connectivity index (χ1v) is 9.70. The highest BCUT2D eigenvalue weighted by molar-refractivity contribution is 7.89. The molecule has 9 nitrogen and oxygen atoms in total. The minimum atomic E-state index is -3.85. The first-order chi connectivity index (χ1) is 12.4. The minimum Gasteiger partial charge on any atom is -0.630 e. The Morgan fingerprint density at radius 1 is 1.31 bits per heavy atom. The fourth-order valence-electron chi connectivity index (χ4n) is 2.88. The summed E-state index contributed by atoms with van der Waals surface area (Å²) in [4.78, 5) is 12.3. The smallest absolute Gasteiger partial charge is 0.338 e. The summed E-state index contributed by atoms with van der Waals surface area (Å²) in [6.07, 6.45) is 0.273. The predicted octanol–water partition coefficient (Wildman–Crippen LogP) is 0.0862. The van der Waals surface area contributed by atoms with Crippen LogP contribution in [0.1, 0.15) is 19.8 Å². The zero-order valence-electron chi connectivity index (χ0n) is 14.8. The molecule has 1 fully saturated rings. The van der Waals surface area contributed by atoms with Crippen LogP contribution >= 0.6 is 0 Å². The van der Waals surface area contributed by atoms with Crippen molar-refractivity contribution < 1.29 is 32.9 Å². The molecule has 0 unspecified atom stereocenters. The van der Waals surface area contributed by atoms with Crippen molar-refractivity contribution in [3.63, 3.8) is 0 Å². The number of sulfonamides is 1. The lowest BCUT2D eigenvalue weighted by atomic mass is 9.92. The van der Waals surface area contributed by atoms with Gasteiger partial charge in [-0.2, -0.15) is 4.31 Å². The Morgan fingerprint density at radius 3 is 2.54 bits per heavy atom. The maximum Gasteiger partial charge on any atom is 0.338 e. The number of hydrogen-bond donors (Lipinski definition) is 1. The topological polar surface area (TPSA) is 122 Å². The van der Waals surface area contributed by atoms with Gasteiger partial charge in [-0.25, -0.2) is 13.2 Å². The fraction of sp³-hybridized carbons (Fsp3) is 0.562. The van der Waals surface area contributed by atoms with Crippen LogP contribution in [-0.2, 0) is 29.0 Å². The molecule has 1 heterocycles. The van der Waals surface area contributed by atoms with E-state index in [0.29, 0.717) is 5.48 Å². The molecule has 1 aromatic rings. The van der Waals surface area contributed by atoms with Crippen LogP contribution in [-0.4, -0.2) is 57.9 Å². The third kappa shape index (κ3) is 4.22. The average molecular weight is 388 g/mol. The molecule has 0 amide bonds. The molecule has 2 N–H and O–H groups in total. The van der Waals surface area contributed by atoms with Crippen molar-refractivity contribution in [2.75, 3.05) is 33.6 Å². The molecule has 0 spiro atoms. The second-order valence-corrected chi connectivity index (χ2v) is 7.73. The number of piperidine rings is 1. The molecular weight excluding hydrogens is 364 g/mol. The summed E-state index contributed by atoms with van der Waals surface area (Å²) in [5, 5.41) is 11.2. The minimum absolute atomic E-state index is 0.0450. The molecule has 26 heavy (non-hydrogen) atoms. The molecule has 1 aliphatic rings. The van der Waals surface area contributed by atoms with Crippen molar-refractivity contribution in [3.05, 3.63) is 29.5 Å². The van der Waals surface area contributed by atoms with E-state index in [1.165, 1.54) is 23.5 Å². The summed E-state index contributed by atoms with van der Waals surface area (Å²) in [6.45, 7) is 1.93. The third-order valence-corrected chi connectivity index (χ3v) is 6.27. The molecule has 0 atom stereocenters. The molecule has 0 aromatic heterocycles. The molecule has 146 valence electrons. The number of carbonyl (C=O) groups excluding carboxylic acids is 1. The standard InChI is InChI=1S/C16H24N2O7S/c1-3-24-15(19)16(25-12-23-2)8-10-18(11-9-16)26(21,22)14-7-5-4-6-13(14)17-20/h4-7H,3,8-12,17H2,1-2H3. The summed E-state index contributed by atoms with van der Waals surface area (Å²) in [5.74, 6) is -0.526. The van der Waals surface area contributed by atoms with Crippen molar-refractivity contribution in [1.29, 1.82) is 0 Å². The number of methoxy groups -OCH3 is 1. The van der Waals surface area contributed by atoms with E-state index in [1.807, 2.05) is 0 Å². The fourth-order valence-corrected chi connectivity index (χ4v) is 4.49. The number of carbonyl (C=O) groups is 1. The van der Waals surface area contributed by atoms with Crippen molar-refractivity contribution in [3.8, 4) is 0 Å². The Hall–Kier alpha value is -1.56. The Labute approximate surface area is 152 Å². The highest BCUT2D eigenvalue weighted by Crippen LogP contribution is 2.32. The molecule has 0 radical (unpaired) electrons. The molecule has 1 aliphatic heterocycles. The lowest BCUT2D eigenvalue weighted by Gasteiger charge is -2.38. The monoisotopic (exact) mass is 388 g/mol. The molecule has 0 saturated carbocycles. The number of nitrogens with two attached hydrogens (primary N) is 1. The number of esters is 1. The van der Waals surface area contributed by atoms with Crippen LogP contribution in [0, 0.1) is 5.21 Å². The van der Waals surface area contributed by atoms with Gasteiger partial charge in [0.1, 0.15) is 17.4 Å². The van der Waals surface area contributed by atoms with Gasteiger partial charge in [0.25, 0.3) is 0 Å². The molecule has 1 saturated heterocycles. The number of ether oxygens (including phenoxy) is 3. The van der Waals surface area contributed by atoms with Crippen LogP contribution in [0.3, 0.4) is 0 Å². The third-order valence-electron chi connectivity index (χ3n) is 4.29. The van der Waals surface area contributed by atoms with E-state index in [4.69, 9.17) is 14.2 Å². The van der Waals surface area contributed by atoms with Gasteiger partial charge in [0.2, 0.25) is 10.0 Å². The van der Waals surface area contributed by atoms with Gasteiger partial charge in [0, 0.05) is 39.1 Å². The molecular formula is C16H24N2O7S. The second kappa shape index (κ2) is 8.89. The number of hydrogen-bond acceptors (Lipinski definition) is 7. The van der Waals surface area contributed by atoms with Crippen LogP contribution in [0.4, 0.5) is 5.69 Å². The summed E-state index contributed by atoms with van der Waals surface area (Å²) < 4.78 is 42.6. The van der Waals surface area contributed by atoms with E-state index in [-0.39, 0.29) is 49.9 Å². The SMILES string of the molecule is CCOC(=O)C1(OCOC)CCN(S(=O)(=O)c2ccccc2[NH2+][O-])CC1. The van der Waals surface area contributed by atoms with Gasteiger partial charge < -0.3 is 24.9 Å². The van der Waals surface area contributed by atoms with Gasteiger partial charge in [0.15, 0.2) is 5.60 Å². The number of nitrogens with zero attached hydrogens (tertiary/aromatic N) is 1. The molecule has 2 rings (SSSR count). The second-order valence-electron chi connectivity index (χ2n) is 5.83. The van der Waals surface area contributed by atoms with E-state index >= 15 is 0 Å². The summed E-state index contributed by atoms with van der Waals surface area (Å²) in [7, 11) is -2.41. The lowest BCUT2D eigenvalue weighted by Crippen LogP contribution is -2.70. The number of quaternary nitrogens is 1. The first-order valence-electron chi connectivity index (χ1n) is 8.26. The van der Waals surface area contributed by atoms with Gasteiger partial charge in [-0.05, 0) is 13.0 Å². The maximum atomic E-state index is 12.9. The van der Waals surface area contributed by atoms with Gasteiger partial charge in [-0.1, -0.05) is 12.1 Å². The van der Waals surface area contributed by atoms with Crippen LogP contribution < -0.4 is 5.48 Å². The maximum absolute atomic E-state index is 12.9. The average Bonchev–Trinajstić information content (AvgIpc) is 2.66. The van der Waals surface area contributed by atoms with E-state index in [0.717, 1.165) is 0 Å². The zero-order valence-corrected chi connectivity index (χ0v) is 15.7. The van der Waals surface area contributed by atoms with Crippen LogP contribution in [0.5, 0.6) is 0 Å². The van der Waals surface area contributed by atoms with Gasteiger partial charge in [0.05, 0.1) is 6.61 Å². The predicted molar refractivity (Wildman–Crippen MR) is 91.7 cm³/mol. The molecule has 0 bridgehead atoms. The van der Waals surface area contributed by atoms with Crippen LogP contribution in [0.2, 0.25) is 0 Å². The highest BCUT2D eigenvalue weighted by atomic mass is 32.2. The van der Waals surface area contributed by atoms with Crippen LogP contribution in [0.15, 0.2) is 29.2 Å². The quantitative estimate of drug-likeness (QED) is 0.290. The normalized spacial score (nSPS) is 17.8. The zero-order chi connectivity index (χ0) is 19.2. The molecule has 1 aromatic carbocycles. The molecule has 0 aliphatic carbocycles. The van der Waals surface area contributed by atoms with Crippen molar-refractivity contribution in [2.45, 2.75) is 30.3 Å². The number of benzene rings is 1. The first kappa shape index (κ1) is 20.7. The van der Waals surface area contributed by atoms with Gasteiger partial charge in [-0.15, -0.1) is 0 Å². The highest BCUT2D eigenvalue weighted by Gasteiger charge is 2.46. The summed E-state index contributed by atoms with van der Waals surface area (Å²) in [6, 6.07) is 6.01. The Kier molecular flexibility index (Phi) is 7.09. The number of rotatable bonds is 8. The largest absolute Gasteiger partial charge is 0.630 e. The van der Waals surface area contributed by atoms with Crippen molar-refractivity contribution in [2.24, 2.45) is 0 Å². The van der Waals surface area contributed by atoms with E-state index in [9.17, 15) is 18.4 Å². The van der Waals surface area contributed by atoms with E-state index in [1.54, 1.807) is 19.1 Å². The van der Waals surface area contributed by atoms with Crippen LogP contribution in [0.25, 0.3) is 0 Å². The molecule has 10 heteroatoms. The van der Waals surface area contributed by atoms with E-state index in [2.05, 4.69) is 0 Å².